The normalized spacial score (nSPS) is 13.0. The van der Waals surface area contributed by atoms with E-state index in [0.717, 1.165) is 16.5 Å². The van der Waals surface area contributed by atoms with E-state index in [9.17, 15) is 8.78 Å². The first-order valence-electron chi connectivity index (χ1n) is 6.49. The summed E-state index contributed by atoms with van der Waals surface area (Å²) in [4.78, 5) is 5.38. The average molecular weight is 327 g/mol. The molecule has 21 heavy (non-hydrogen) atoms. The number of imidazole rings is 1. The van der Waals surface area contributed by atoms with Crippen LogP contribution >= 0.6 is 22.9 Å². The fourth-order valence-electron chi connectivity index (χ4n) is 2.35. The second kappa shape index (κ2) is 5.39. The molecule has 3 rings (SSSR count). The third-order valence-corrected chi connectivity index (χ3v) is 4.63. The van der Waals surface area contributed by atoms with Crippen LogP contribution in [-0.2, 0) is 6.54 Å². The van der Waals surface area contributed by atoms with Gasteiger partial charge < -0.3 is 4.57 Å². The molecule has 0 N–H and O–H groups in total. The molecule has 2 heterocycles. The number of benzene rings is 1. The smallest absolute Gasteiger partial charge is 0.153 e. The van der Waals surface area contributed by atoms with Gasteiger partial charge in [0.05, 0.1) is 17.4 Å². The number of alkyl halides is 1. The fraction of sp³-hybridized carbons (Fsp3) is 0.267. The van der Waals surface area contributed by atoms with Crippen LogP contribution in [0.2, 0.25) is 0 Å². The van der Waals surface area contributed by atoms with Crippen molar-refractivity contribution in [3.63, 3.8) is 0 Å². The largest absolute Gasteiger partial charge is 0.321 e. The highest BCUT2D eigenvalue weighted by Crippen LogP contribution is 2.29. The van der Waals surface area contributed by atoms with Crippen LogP contribution in [0.4, 0.5) is 8.78 Å². The maximum Gasteiger partial charge on any atom is 0.153 e. The quantitative estimate of drug-likeness (QED) is 0.617. The molecule has 0 aliphatic heterocycles. The summed E-state index contributed by atoms with van der Waals surface area (Å²) in [6.45, 7) is 4.29. The van der Waals surface area contributed by atoms with Gasteiger partial charge in [-0.25, -0.2) is 13.8 Å². The van der Waals surface area contributed by atoms with Gasteiger partial charge in [-0.3, -0.25) is 0 Å². The predicted molar refractivity (Wildman–Crippen MR) is 82.1 cm³/mol. The summed E-state index contributed by atoms with van der Waals surface area (Å²) in [5, 5.41) is 1.61. The van der Waals surface area contributed by atoms with Crippen LogP contribution in [-0.4, -0.2) is 9.55 Å². The molecule has 1 unspecified atom stereocenters. The molecular formula is C15H13ClF2N2S. The van der Waals surface area contributed by atoms with Gasteiger partial charge in [-0.15, -0.1) is 22.9 Å². The summed E-state index contributed by atoms with van der Waals surface area (Å²) in [5.41, 5.74) is 1.74. The molecule has 110 valence electrons. The number of hydrogen-bond donors (Lipinski definition) is 0. The van der Waals surface area contributed by atoms with Crippen LogP contribution in [0.3, 0.4) is 0 Å². The second-order valence-corrected chi connectivity index (χ2v) is 6.61. The van der Waals surface area contributed by atoms with Crippen molar-refractivity contribution in [2.24, 2.45) is 0 Å². The monoisotopic (exact) mass is 326 g/mol. The molecule has 0 radical (unpaired) electrons. The number of fused-ring (bicyclic) bond motifs is 1. The molecule has 0 saturated carbocycles. The van der Waals surface area contributed by atoms with Crippen molar-refractivity contribution in [1.82, 2.24) is 9.55 Å². The minimum absolute atomic E-state index is 0.160. The molecule has 1 aromatic carbocycles. The Morgan fingerprint density at radius 3 is 2.76 bits per heavy atom. The lowest BCUT2D eigenvalue weighted by atomic mass is 10.2. The Kier molecular flexibility index (Phi) is 3.71. The highest BCUT2D eigenvalue weighted by molar-refractivity contribution is 7.10. The van der Waals surface area contributed by atoms with Crippen LogP contribution in [0.15, 0.2) is 23.6 Å². The van der Waals surface area contributed by atoms with Crippen molar-refractivity contribution in [2.45, 2.75) is 25.8 Å². The Bertz CT molecular complexity index is 807. The van der Waals surface area contributed by atoms with E-state index >= 15 is 0 Å². The molecule has 2 nitrogen and oxygen atoms in total. The van der Waals surface area contributed by atoms with Gasteiger partial charge >= 0.3 is 0 Å². The number of aryl methyl sites for hydroxylation is 1. The van der Waals surface area contributed by atoms with E-state index in [1.807, 2.05) is 18.4 Å². The summed E-state index contributed by atoms with van der Waals surface area (Å²) in [5.74, 6) is -0.730. The van der Waals surface area contributed by atoms with Crippen LogP contribution in [0.5, 0.6) is 0 Å². The molecule has 2 aromatic heterocycles. The summed E-state index contributed by atoms with van der Waals surface area (Å²) >= 11 is 7.76. The van der Waals surface area contributed by atoms with Crippen LogP contribution in [0.1, 0.15) is 28.6 Å². The molecule has 0 aliphatic rings. The zero-order chi connectivity index (χ0) is 15.1. The fourth-order valence-corrected chi connectivity index (χ4v) is 3.41. The maximum atomic E-state index is 13.9. The molecule has 0 spiro atoms. The van der Waals surface area contributed by atoms with Crippen LogP contribution in [0.25, 0.3) is 11.0 Å². The third-order valence-electron chi connectivity index (χ3n) is 3.43. The summed E-state index contributed by atoms with van der Waals surface area (Å²) in [6, 6.07) is 4.17. The summed E-state index contributed by atoms with van der Waals surface area (Å²) < 4.78 is 29.2. The minimum atomic E-state index is -0.662. The van der Waals surface area contributed by atoms with Crippen molar-refractivity contribution < 1.29 is 8.78 Å². The Hall–Kier alpha value is -1.46. The van der Waals surface area contributed by atoms with Crippen molar-refractivity contribution in [2.75, 3.05) is 0 Å². The molecule has 0 aliphatic carbocycles. The number of thiophene rings is 1. The van der Waals surface area contributed by atoms with Gasteiger partial charge in [-0.2, -0.15) is 0 Å². The Labute approximate surface area is 130 Å². The van der Waals surface area contributed by atoms with E-state index in [1.54, 1.807) is 22.8 Å². The number of aromatic nitrogens is 2. The number of hydrogen-bond acceptors (Lipinski definition) is 2. The Morgan fingerprint density at radius 2 is 2.14 bits per heavy atom. The van der Waals surface area contributed by atoms with Crippen molar-refractivity contribution in [1.29, 1.82) is 0 Å². The molecule has 1 atom stereocenters. The van der Waals surface area contributed by atoms with E-state index in [4.69, 9.17) is 11.6 Å². The maximum absolute atomic E-state index is 13.9. The molecule has 0 fully saturated rings. The van der Waals surface area contributed by atoms with Crippen LogP contribution in [0, 0.1) is 18.6 Å². The Balaban J connectivity index is 2.23. The first-order chi connectivity index (χ1) is 9.97. The van der Waals surface area contributed by atoms with Gasteiger partial charge in [0.1, 0.15) is 17.2 Å². The third kappa shape index (κ3) is 2.56. The van der Waals surface area contributed by atoms with Gasteiger partial charge in [-0.1, -0.05) is 0 Å². The molecule has 0 saturated heterocycles. The predicted octanol–water partition coefficient (Wildman–Crippen LogP) is 5.03. The molecular weight excluding hydrogens is 314 g/mol. The number of rotatable bonds is 3. The first kappa shape index (κ1) is 14.5. The molecule has 3 aromatic rings. The van der Waals surface area contributed by atoms with E-state index in [-0.39, 0.29) is 10.9 Å². The van der Waals surface area contributed by atoms with Gasteiger partial charge in [-0.05, 0) is 36.9 Å². The lowest BCUT2D eigenvalue weighted by Gasteiger charge is -2.10. The van der Waals surface area contributed by atoms with E-state index in [1.165, 1.54) is 6.07 Å². The lowest BCUT2D eigenvalue weighted by molar-refractivity contribution is 0.590. The van der Waals surface area contributed by atoms with Gasteiger partial charge in [0.2, 0.25) is 0 Å². The van der Waals surface area contributed by atoms with E-state index < -0.39 is 11.6 Å². The highest BCUT2D eigenvalue weighted by Gasteiger charge is 2.19. The zero-order valence-electron chi connectivity index (χ0n) is 11.5. The highest BCUT2D eigenvalue weighted by atomic mass is 35.5. The second-order valence-electron chi connectivity index (χ2n) is 4.95. The summed E-state index contributed by atoms with van der Waals surface area (Å²) in [7, 11) is 0. The van der Waals surface area contributed by atoms with E-state index in [0.29, 0.717) is 17.9 Å². The zero-order valence-corrected chi connectivity index (χ0v) is 13.1. The van der Waals surface area contributed by atoms with Crippen LogP contribution < -0.4 is 0 Å². The molecule has 0 amide bonds. The van der Waals surface area contributed by atoms with Gasteiger partial charge in [0.25, 0.3) is 0 Å². The number of nitrogens with zero attached hydrogens (tertiary/aromatic N) is 2. The lowest BCUT2D eigenvalue weighted by Crippen LogP contribution is -2.05. The SMILES string of the molecule is Cc1ccsc1Cn1c(C(C)Cl)nc2c(F)cc(F)cc21. The van der Waals surface area contributed by atoms with Crippen molar-refractivity contribution >= 4 is 34.0 Å². The standard InChI is InChI=1S/C15H13ClF2N2S/c1-8-3-4-21-13(8)7-20-12-6-10(17)5-11(18)14(12)19-15(20)9(2)16/h3-6,9H,7H2,1-2H3. The van der Waals surface area contributed by atoms with Crippen molar-refractivity contribution in [3.05, 3.63) is 51.5 Å². The summed E-state index contributed by atoms with van der Waals surface area (Å²) in [6.07, 6.45) is 0. The van der Waals surface area contributed by atoms with Gasteiger partial charge in [0.15, 0.2) is 5.82 Å². The topological polar surface area (TPSA) is 17.8 Å². The van der Waals surface area contributed by atoms with Crippen molar-refractivity contribution in [3.8, 4) is 0 Å². The van der Waals surface area contributed by atoms with Gasteiger partial charge in [0, 0.05) is 10.9 Å². The minimum Gasteiger partial charge on any atom is -0.321 e. The number of halogens is 3. The average Bonchev–Trinajstić information content (AvgIpc) is 2.96. The van der Waals surface area contributed by atoms with E-state index in [2.05, 4.69) is 4.98 Å². The molecule has 6 heteroatoms. The Morgan fingerprint density at radius 1 is 1.38 bits per heavy atom. The first-order valence-corrected chi connectivity index (χ1v) is 7.81. The molecule has 0 bridgehead atoms.